The zero-order valence-corrected chi connectivity index (χ0v) is 12.6. The Morgan fingerprint density at radius 1 is 1.14 bits per heavy atom. The molecule has 1 aliphatic rings. The van der Waals surface area contributed by atoms with Crippen LogP contribution in [-0.4, -0.2) is 40.6 Å². The summed E-state index contributed by atoms with van der Waals surface area (Å²) in [7, 11) is 1.95. The van der Waals surface area contributed by atoms with Gasteiger partial charge in [0.15, 0.2) is 0 Å². The van der Waals surface area contributed by atoms with Crippen molar-refractivity contribution in [2.45, 2.75) is 26.2 Å². The van der Waals surface area contributed by atoms with Gasteiger partial charge < -0.3 is 4.57 Å². The van der Waals surface area contributed by atoms with E-state index >= 15 is 0 Å². The van der Waals surface area contributed by atoms with Gasteiger partial charge in [0.1, 0.15) is 5.82 Å². The second-order valence-corrected chi connectivity index (χ2v) is 5.75. The minimum atomic E-state index is 0.780. The zero-order chi connectivity index (χ0) is 14.9. The highest BCUT2D eigenvalue weighted by Crippen LogP contribution is 2.17. The van der Waals surface area contributed by atoms with Crippen molar-refractivity contribution in [1.29, 1.82) is 0 Å². The van der Waals surface area contributed by atoms with Gasteiger partial charge in [0, 0.05) is 50.8 Å². The number of hydrogen-bond acceptors (Lipinski definition) is 4. The molecule has 4 heterocycles. The van der Waals surface area contributed by atoms with Crippen molar-refractivity contribution < 1.29 is 0 Å². The number of aromatic nitrogens is 6. The molecular weight excluding hydrogens is 278 g/mol. The third-order valence-corrected chi connectivity index (χ3v) is 4.07. The van der Waals surface area contributed by atoms with E-state index in [-0.39, 0.29) is 0 Å². The van der Waals surface area contributed by atoms with E-state index in [1.54, 1.807) is 0 Å². The van der Waals surface area contributed by atoms with Crippen LogP contribution >= 0.6 is 0 Å². The first kappa shape index (κ1) is 13.3. The molecule has 3 aromatic rings. The molecule has 114 valence electrons. The van der Waals surface area contributed by atoms with Gasteiger partial charge in [-0.1, -0.05) is 0 Å². The summed E-state index contributed by atoms with van der Waals surface area (Å²) in [6.45, 7) is 4.60. The molecule has 1 aliphatic heterocycles. The highest BCUT2D eigenvalue weighted by molar-refractivity contribution is 5.10. The summed E-state index contributed by atoms with van der Waals surface area (Å²) in [4.78, 5) is 7.01. The van der Waals surface area contributed by atoms with Gasteiger partial charge in [-0.05, 0) is 6.07 Å². The monoisotopic (exact) mass is 297 g/mol. The average molecular weight is 297 g/mol. The van der Waals surface area contributed by atoms with Gasteiger partial charge in [-0.15, -0.1) is 0 Å². The van der Waals surface area contributed by atoms with Crippen LogP contribution in [0.15, 0.2) is 37.1 Å². The van der Waals surface area contributed by atoms with Crippen LogP contribution in [0, 0.1) is 0 Å². The quantitative estimate of drug-likeness (QED) is 0.717. The molecule has 0 bridgehead atoms. The predicted octanol–water partition coefficient (Wildman–Crippen LogP) is 0.877. The van der Waals surface area contributed by atoms with Gasteiger partial charge in [-0.25, -0.2) is 4.98 Å². The van der Waals surface area contributed by atoms with E-state index in [0.29, 0.717) is 0 Å². The lowest BCUT2D eigenvalue weighted by molar-refractivity contribution is 0.207. The van der Waals surface area contributed by atoms with E-state index in [1.165, 1.54) is 11.3 Å². The minimum Gasteiger partial charge on any atom is -0.328 e. The molecule has 0 radical (unpaired) electrons. The molecule has 0 amide bonds. The van der Waals surface area contributed by atoms with Gasteiger partial charge in [-0.2, -0.15) is 10.2 Å². The maximum atomic E-state index is 4.59. The highest BCUT2D eigenvalue weighted by Gasteiger charge is 2.20. The summed E-state index contributed by atoms with van der Waals surface area (Å²) in [6.07, 6.45) is 9.78. The van der Waals surface area contributed by atoms with Crippen molar-refractivity contribution in [1.82, 2.24) is 34.0 Å². The number of aryl methyl sites for hydroxylation is 1. The van der Waals surface area contributed by atoms with Crippen molar-refractivity contribution in [3.05, 3.63) is 54.1 Å². The van der Waals surface area contributed by atoms with Crippen molar-refractivity contribution in [2.75, 3.05) is 6.54 Å². The SMILES string of the molecule is Cn1cc(CN2CCn3c(Cn4cccn4)cnc3C2)cn1. The Balaban J connectivity index is 1.46. The lowest BCUT2D eigenvalue weighted by Gasteiger charge is -2.28. The number of fused-ring (bicyclic) bond motifs is 1. The van der Waals surface area contributed by atoms with Crippen LogP contribution in [0.4, 0.5) is 0 Å². The summed E-state index contributed by atoms with van der Waals surface area (Å²) >= 11 is 0. The fourth-order valence-corrected chi connectivity index (χ4v) is 3.01. The summed E-state index contributed by atoms with van der Waals surface area (Å²) < 4.78 is 6.11. The third kappa shape index (κ3) is 2.55. The van der Waals surface area contributed by atoms with Crippen LogP contribution in [0.5, 0.6) is 0 Å². The smallest absolute Gasteiger partial charge is 0.123 e. The molecule has 0 unspecified atom stereocenters. The Kier molecular flexibility index (Phi) is 3.27. The molecule has 0 spiro atoms. The maximum absolute atomic E-state index is 4.59. The zero-order valence-electron chi connectivity index (χ0n) is 12.6. The van der Waals surface area contributed by atoms with E-state index in [1.807, 2.05) is 47.3 Å². The van der Waals surface area contributed by atoms with Gasteiger partial charge in [0.2, 0.25) is 0 Å². The van der Waals surface area contributed by atoms with Crippen molar-refractivity contribution >= 4 is 0 Å². The molecule has 0 saturated heterocycles. The van der Waals surface area contributed by atoms with Crippen molar-refractivity contribution in [3.8, 4) is 0 Å². The normalized spacial score (nSPS) is 15.1. The Labute approximate surface area is 128 Å². The molecule has 0 saturated carbocycles. The van der Waals surface area contributed by atoms with Gasteiger partial charge in [-0.3, -0.25) is 14.3 Å². The lowest BCUT2D eigenvalue weighted by Crippen LogP contribution is -2.34. The maximum Gasteiger partial charge on any atom is 0.123 e. The number of hydrogen-bond donors (Lipinski definition) is 0. The molecule has 0 fully saturated rings. The van der Waals surface area contributed by atoms with Gasteiger partial charge in [0.25, 0.3) is 0 Å². The van der Waals surface area contributed by atoms with Crippen LogP contribution in [-0.2, 0) is 33.2 Å². The molecule has 3 aromatic heterocycles. The minimum absolute atomic E-state index is 0.780. The first-order chi connectivity index (χ1) is 10.8. The third-order valence-electron chi connectivity index (χ3n) is 4.07. The fourth-order valence-electron chi connectivity index (χ4n) is 3.01. The van der Waals surface area contributed by atoms with Crippen LogP contribution in [0.3, 0.4) is 0 Å². The topological polar surface area (TPSA) is 56.7 Å². The molecule has 0 atom stereocenters. The van der Waals surface area contributed by atoms with Crippen LogP contribution < -0.4 is 0 Å². The largest absolute Gasteiger partial charge is 0.328 e. The van der Waals surface area contributed by atoms with E-state index in [4.69, 9.17) is 0 Å². The predicted molar refractivity (Wildman–Crippen MR) is 80.9 cm³/mol. The van der Waals surface area contributed by atoms with Gasteiger partial charge in [0.05, 0.1) is 31.2 Å². The molecule has 0 aliphatic carbocycles. The Morgan fingerprint density at radius 3 is 2.86 bits per heavy atom. The molecule has 0 N–H and O–H groups in total. The molecule has 7 heteroatoms. The van der Waals surface area contributed by atoms with Crippen LogP contribution in [0.2, 0.25) is 0 Å². The molecule has 0 aromatic carbocycles. The second kappa shape index (κ2) is 5.42. The summed E-state index contributed by atoms with van der Waals surface area (Å²) in [5.74, 6) is 1.14. The highest BCUT2D eigenvalue weighted by atomic mass is 15.3. The van der Waals surface area contributed by atoms with E-state index in [0.717, 1.165) is 38.5 Å². The molecule has 22 heavy (non-hydrogen) atoms. The fraction of sp³-hybridized carbons (Fsp3) is 0.400. The number of rotatable bonds is 4. The summed E-state index contributed by atoms with van der Waals surface area (Å²) in [5, 5.41) is 8.50. The summed E-state index contributed by atoms with van der Waals surface area (Å²) in [6, 6.07) is 1.95. The van der Waals surface area contributed by atoms with E-state index < -0.39 is 0 Å². The Bertz CT molecular complexity index is 753. The molecule has 7 nitrogen and oxygen atoms in total. The Morgan fingerprint density at radius 2 is 2.09 bits per heavy atom. The second-order valence-electron chi connectivity index (χ2n) is 5.75. The average Bonchev–Trinajstić information content (AvgIpc) is 3.23. The lowest BCUT2D eigenvalue weighted by atomic mass is 10.3. The molecule has 4 rings (SSSR count). The van der Waals surface area contributed by atoms with Crippen molar-refractivity contribution in [3.63, 3.8) is 0 Å². The van der Waals surface area contributed by atoms with E-state index in [9.17, 15) is 0 Å². The van der Waals surface area contributed by atoms with Crippen molar-refractivity contribution in [2.24, 2.45) is 7.05 Å². The number of imidazole rings is 1. The molecular formula is C15H19N7. The standard InChI is InChI=1S/C15H19N7/c1-19-9-13(7-18-19)10-20-5-6-22-14(8-16-15(22)12-20)11-21-4-2-3-17-21/h2-4,7-9H,5-6,10-12H2,1H3. The van der Waals surface area contributed by atoms with Gasteiger partial charge >= 0.3 is 0 Å². The Hall–Kier alpha value is -2.41. The summed E-state index contributed by atoms with van der Waals surface area (Å²) in [5.41, 5.74) is 2.47. The first-order valence-corrected chi connectivity index (χ1v) is 7.48. The van der Waals surface area contributed by atoms with E-state index in [2.05, 4.69) is 30.8 Å². The first-order valence-electron chi connectivity index (χ1n) is 7.48. The van der Waals surface area contributed by atoms with Crippen LogP contribution in [0.1, 0.15) is 17.1 Å². The van der Waals surface area contributed by atoms with Crippen LogP contribution in [0.25, 0.3) is 0 Å². The number of nitrogens with zero attached hydrogens (tertiary/aromatic N) is 7.